The lowest BCUT2D eigenvalue weighted by Gasteiger charge is -2.18. The number of rotatable bonds is 2. The largest absolute Gasteiger partial charge is 0.375 e. The maximum atomic E-state index is 5.70. The van der Waals surface area contributed by atoms with Crippen molar-refractivity contribution in [2.45, 2.75) is 24.8 Å². The van der Waals surface area contributed by atoms with Gasteiger partial charge in [0.25, 0.3) is 0 Å². The average Bonchev–Trinajstić information content (AvgIpc) is 2.94. The third kappa shape index (κ3) is 1.45. The van der Waals surface area contributed by atoms with Gasteiger partial charge in [0.15, 0.2) is 5.13 Å². The lowest BCUT2D eigenvalue weighted by Crippen LogP contribution is -2.23. The topological polar surface area (TPSA) is 42.1 Å². The highest BCUT2D eigenvalue weighted by Gasteiger charge is 2.51. The van der Waals surface area contributed by atoms with Crippen molar-refractivity contribution in [2.75, 3.05) is 17.2 Å². The van der Waals surface area contributed by atoms with Crippen LogP contribution in [0.3, 0.4) is 0 Å². The Morgan fingerprint density at radius 1 is 1.33 bits per heavy atom. The van der Waals surface area contributed by atoms with Crippen molar-refractivity contribution in [1.29, 1.82) is 0 Å². The summed E-state index contributed by atoms with van der Waals surface area (Å²) in [6.07, 6.45) is 4.58. The van der Waals surface area contributed by atoms with Gasteiger partial charge in [0.05, 0.1) is 6.54 Å². The zero-order chi connectivity index (χ0) is 12.2. The maximum absolute atomic E-state index is 5.70. The number of thiazole rings is 1. The molecule has 0 saturated heterocycles. The van der Waals surface area contributed by atoms with E-state index in [1.807, 2.05) is 6.20 Å². The summed E-state index contributed by atoms with van der Waals surface area (Å²) in [4.78, 5) is 7.87. The normalized spacial score (nSPS) is 19.2. The van der Waals surface area contributed by atoms with E-state index in [4.69, 9.17) is 5.73 Å². The van der Waals surface area contributed by atoms with Crippen LogP contribution in [0.2, 0.25) is 0 Å². The van der Waals surface area contributed by atoms with Crippen LogP contribution in [0.25, 0.3) is 0 Å². The summed E-state index contributed by atoms with van der Waals surface area (Å²) in [7, 11) is 0. The lowest BCUT2D eigenvalue weighted by atomic mass is 9.99. The van der Waals surface area contributed by atoms with E-state index in [0.29, 0.717) is 10.5 Å². The summed E-state index contributed by atoms with van der Waals surface area (Å²) in [6, 6.07) is 8.83. The van der Waals surface area contributed by atoms with Crippen LogP contribution in [-0.2, 0) is 12.0 Å². The highest BCUT2D eigenvalue weighted by molar-refractivity contribution is 7.15. The minimum Gasteiger partial charge on any atom is -0.375 e. The van der Waals surface area contributed by atoms with Crippen LogP contribution in [0, 0.1) is 0 Å². The van der Waals surface area contributed by atoms with Gasteiger partial charge in [-0.25, -0.2) is 4.98 Å². The van der Waals surface area contributed by atoms with Crippen LogP contribution in [0.4, 0.5) is 10.8 Å². The molecule has 2 aromatic rings. The fourth-order valence-electron chi connectivity index (χ4n) is 3.04. The van der Waals surface area contributed by atoms with E-state index >= 15 is 0 Å². The summed E-state index contributed by atoms with van der Waals surface area (Å²) < 4.78 is 0. The molecule has 92 valence electrons. The summed E-state index contributed by atoms with van der Waals surface area (Å²) in [6.45, 7) is 2.10. The van der Waals surface area contributed by atoms with E-state index < -0.39 is 0 Å². The van der Waals surface area contributed by atoms with Gasteiger partial charge in [-0.1, -0.05) is 18.2 Å². The Morgan fingerprint density at radius 3 is 2.89 bits per heavy atom. The molecule has 1 aliphatic carbocycles. The van der Waals surface area contributed by atoms with Gasteiger partial charge in [0, 0.05) is 28.7 Å². The molecule has 0 radical (unpaired) electrons. The van der Waals surface area contributed by atoms with Crippen molar-refractivity contribution >= 4 is 22.2 Å². The van der Waals surface area contributed by atoms with Crippen molar-refractivity contribution in [1.82, 2.24) is 4.98 Å². The SMILES string of the molecule is Nc1ncc(CN2CC3(CC3)c3ccccc32)s1. The lowest BCUT2D eigenvalue weighted by molar-refractivity contribution is 0.698. The van der Waals surface area contributed by atoms with Gasteiger partial charge in [0.2, 0.25) is 0 Å². The second kappa shape index (κ2) is 3.48. The van der Waals surface area contributed by atoms with Crippen LogP contribution >= 0.6 is 11.3 Å². The minimum absolute atomic E-state index is 0.465. The number of nitrogens with zero attached hydrogens (tertiary/aromatic N) is 2. The highest BCUT2D eigenvalue weighted by Crippen LogP contribution is 2.56. The standard InChI is InChI=1S/C14H15N3S/c15-13-16-7-10(18-13)8-17-9-14(5-6-14)11-3-1-2-4-12(11)17/h1-4,7H,5-6,8-9H2,(H2,15,16). The first-order chi connectivity index (χ1) is 8.77. The van der Waals surface area contributed by atoms with Gasteiger partial charge in [0.1, 0.15) is 0 Å². The third-order valence-corrected chi connectivity index (χ3v) is 4.89. The number of nitrogen functional groups attached to an aromatic ring is 1. The molecule has 4 heteroatoms. The molecule has 0 unspecified atom stereocenters. The Balaban J connectivity index is 1.67. The first-order valence-electron chi connectivity index (χ1n) is 6.32. The molecule has 1 aromatic heterocycles. The predicted molar refractivity (Wildman–Crippen MR) is 74.9 cm³/mol. The van der Waals surface area contributed by atoms with Crippen molar-refractivity contribution in [3.05, 3.63) is 40.9 Å². The second-order valence-corrected chi connectivity index (χ2v) is 6.47. The number of hydrogen-bond acceptors (Lipinski definition) is 4. The third-order valence-electron chi connectivity index (χ3n) is 4.08. The highest BCUT2D eigenvalue weighted by atomic mass is 32.1. The van der Waals surface area contributed by atoms with Crippen LogP contribution in [0.15, 0.2) is 30.5 Å². The molecule has 3 nitrogen and oxygen atoms in total. The number of fused-ring (bicyclic) bond motifs is 2. The van der Waals surface area contributed by atoms with Gasteiger partial charge >= 0.3 is 0 Å². The molecule has 2 N–H and O–H groups in total. The smallest absolute Gasteiger partial charge is 0.180 e. The fraction of sp³-hybridized carbons (Fsp3) is 0.357. The van der Waals surface area contributed by atoms with Crippen LogP contribution in [0.5, 0.6) is 0 Å². The number of nitrogens with two attached hydrogens (primary N) is 1. The zero-order valence-electron chi connectivity index (χ0n) is 10.1. The Hall–Kier alpha value is -1.55. The molecule has 2 heterocycles. The van der Waals surface area contributed by atoms with Gasteiger partial charge < -0.3 is 10.6 Å². The van der Waals surface area contributed by atoms with E-state index in [1.54, 1.807) is 16.9 Å². The van der Waals surface area contributed by atoms with Crippen LogP contribution in [-0.4, -0.2) is 11.5 Å². The van der Waals surface area contributed by atoms with Crippen molar-refractivity contribution in [2.24, 2.45) is 0 Å². The number of anilines is 2. The Morgan fingerprint density at radius 2 is 2.17 bits per heavy atom. The first kappa shape index (κ1) is 10.4. The number of hydrogen-bond donors (Lipinski definition) is 1. The van der Waals surface area contributed by atoms with Gasteiger partial charge in [-0.05, 0) is 24.5 Å². The Kier molecular flexibility index (Phi) is 2.01. The molecule has 2 aliphatic rings. The summed E-state index contributed by atoms with van der Waals surface area (Å²) in [5, 5.41) is 0.665. The Labute approximate surface area is 110 Å². The van der Waals surface area contributed by atoms with E-state index in [2.05, 4.69) is 34.1 Å². The molecular weight excluding hydrogens is 242 g/mol. The number of aromatic nitrogens is 1. The monoisotopic (exact) mass is 257 g/mol. The Bertz CT molecular complexity index is 601. The molecule has 1 aliphatic heterocycles. The molecule has 0 amide bonds. The average molecular weight is 257 g/mol. The zero-order valence-corrected chi connectivity index (χ0v) is 10.9. The first-order valence-corrected chi connectivity index (χ1v) is 7.13. The van der Waals surface area contributed by atoms with Crippen molar-refractivity contribution in [3.63, 3.8) is 0 Å². The summed E-state index contributed by atoms with van der Waals surface area (Å²) >= 11 is 1.59. The van der Waals surface area contributed by atoms with Crippen molar-refractivity contribution in [3.8, 4) is 0 Å². The molecule has 0 atom stereocenters. The van der Waals surface area contributed by atoms with Crippen LogP contribution in [0.1, 0.15) is 23.3 Å². The van der Waals surface area contributed by atoms with Crippen LogP contribution < -0.4 is 10.6 Å². The van der Waals surface area contributed by atoms with E-state index in [0.717, 1.165) is 13.1 Å². The minimum atomic E-state index is 0.465. The molecule has 4 rings (SSSR count). The number of para-hydroxylation sites is 1. The molecule has 0 bridgehead atoms. The molecule has 1 spiro atoms. The molecule has 18 heavy (non-hydrogen) atoms. The second-order valence-electron chi connectivity index (χ2n) is 5.32. The van der Waals surface area contributed by atoms with Gasteiger partial charge in [-0.3, -0.25) is 0 Å². The molecule has 1 aromatic carbocycles. The van der Waals surface area contributed by atoms with Crippen molar-refractivity contribution < 1.29 is 0 Å². The number of benzene rings is 1. The van der Waals surface area contributed by atoms with E-state index in [1.165, 1.54) is 23.4 Å². The van der Waals surface area contributed by atoms with Gasteiger partial charge in [-0.15, -0.1) is 11.3 Å². The summed E-state index contributed by atoms with van der Waals surface area (Å²) in [5.41, 5.74) is 9.12. The quantitative estimate of drug-likeness (QED) is 0.899. The molecule has 1 saturated carbocycles. The summed E-state index contributed by atoms with van der Waals surface area (Å²) in [5.74, 6) is 0. The predicted octanol–water partition coefficient (Wildman–Crippen LogP) is 2.78. The fourth-order valence-corrected chi connectivity index (χ4v) is 3.74. The molecule has 1 fully saturated rings. The van der Waals surface area contributed by atoms with E-state index in [-0.39, 0.29) is 0 Å². The maximum Gasteiger partial charge on any atom is 0.180 e. The molecular formula is C14H15N3S. The van der Waals surface area contributed by atoms with E-state index in [9.17, 15) is 0 Å². The van der Waals surface area contributed by atoms with Gasteiger partial charge in [-0.2, -0.15) is 0 Å².